The minimum absolute atomic E-state index is 0.233. The molecule has 1 amide bonds. The topological polar surface area (TPSA) is 75.7 Å². The Bertz CT molecular complexity index is 825. The molecular weight excluding hydrogens is 356 g/mol. The molecule has 0 unspecified atom stereocenters. The van der Waals surface area contributed by atoms with E-state index in [1.807, 2.05) is 36.4 Å². The molecule has 0 aromatic heterocycles. The Kier molecular flexibility index (Phi) is 6.78. The van der Waals surface area contributed by atoms with Crippen molar-refractivity contribution in [3.05, 3.63) is 65.7 Å². The van der Waals surface area contributed by atoms with E-state index in [0.29, 0.717) is 37.9 Å². The number of benzene rings is 2. The molecule has 6 heteroatoms. The van der Waals surface area contributed by atoms with E-state index in [0.717, 1.165) is 17.7 Å². The van der Waals surface area contributed by atoms with Crippen LogP contribution in [-0.2, 0) is 20.8 Å². The SMILES string of the molecule is O=C1CCN(c2cccc(C(=O)NOC(=O)CCCc3ccccc3)c2)CC1. The zero-order valence-corrected chi connectivity index (χ0v) is 15.7. The molecule has 2 aromatic carbocycles. The zero-order valence-electron chi connectivity index (χ0n) is 15.7. The summed E-state index contributed by atoms with van der Waals surface area (Å²) in [5.74, 6) is -0.661. The number of carbonyl (C=O) groups is 3. The molecule has 28 heavy (non-hydrogen) atoms. The summed E-state index contributed by atoms with van der Waals surface area (Å²) in [6, 6.07) is 17.0. The first-order valence-electron chi connectivity index (χ1n) is 9.52. The number of Topliss-reactive ketones (excluding diaryl/α,β-unsaturated/α-hetero) is 1. The van der Waals surface area contributed by atoms with E-state index in [2.05, 4.69) is 10.4 Å². The zero-order chi connectivity index (χ0) is 19.8. The van der Waals surface area contributed by atoms with E-state index < -0.39 is 11.9 Å². The van der Waals surface area contributed by atoms with E-state index in [-0.39, 0.29) is 12.2 Å². The van der Waals surface area contributed by atoms with Gasteiger partial charge < -0.3 is 9.74 Å². The van der Waals surface area contributed by atoms with E-state index in [9.17, 15) is 14.4 Å². The predicted octanol–water partition coefficient (Wildman–Crippen LogP) is 3.07. The lowest BCUT2D eigenvalue weighted by Gasteiger charge is -2.28. The van der Waals surface area contributed by atoms with Crippen LogP contribution in [-0.4, -0.2) is 30.7 Å². The fourth-order valence-electron chi connectivity index (χ4n) is 3.15. The molecule has 0 saturated carbocycles. The maximum absolute atomic E-state index is 12.3. The van der Waals surface area contributed by atoms with Gasteiger partial charge in [0.25, 0.3) is 5.91 Å². The van der Waals surface area contributed by atoms with Gasteiger partial charge in [0, 0.05) is 43.6 Å². The summed E-state index contributed by atoms with van der Waals surface area (Å²) < 4.78 is 0. The maximum Gasteiger partial charge on any atom is 0.332 e. The van der Waals surface area contributed by atoms with Crippen molar-refractivity contribution in [2.45, 2.75) is 32.1 Å². The van der Waals surface area contributed by atoms with Crippen LogP contribution in [0.4, 0.5) is 5.69 Å². The summed E-state index contributed by atoms with van der Waals surface area (Å²) in [7, 11) is 0. The molecule has 1 saturated heterocycles. The summed E-state index contributed by atoms with van der Waals surface area (Å²) in [6.07, 6.45) is 2.72. The fraction of sp³-hybridized carbons (Fsp3) is 0.318. The third-order valence-corrected chi connectivity index (χ3v) is 4.74. The highest BCUT2D eigenvalue weighted by atomic mass is 16.7. The molecule has 0 radical (unpaired) electrons. The van der Waals surface area contributed by atoms with Crippen LogP contribution in [0.5, 0.6) is 0 Å². The molecule has 1 aliphatic rings. The number of rotatable bonds is 6. The van der Waals surface area contributed by atoms with Gasteiger partial charge in [-0.2, -0.15) is 5.48 Å². The number of hydrogen-bond donors (Lipinski definition) is 1. The van der Waals surface area contributed by atoms with E-state index in [1.165, 1.54) is 0 Å². The highest BCUT2D eigenvalue weighted by molar-refractivity contribution is 5.95. The number of carbonyl (C=O) groups excluding carboxylic acids is 3. The first-order chi connectivity index (χ1) is 13.6. The number of hydrogen-bond acceptors (Lipinski definition) is 5. The Labute approximate surface area is 164 Å². The second kappa shape index (κ2) is 9.69. The summed E-state index contributed by atoms with van der Waals surface area (Å²) in [5, 5.41) is 0. The summed E-state index contributed by atoms with van der Waals surface area (Å²) in [6.45, 7) is 1.31. The van der Waals surface area contributed by atoms with Crippen LogP contribution in [0.1, 0.15) is 41.6 Å². The maximum atomic E-state index is 12.3. The molecule has 0 spiro atoms. The predicted molar refractivity (Wildman–Crippen MR) is 106 cm³/mol. The normalized spacial score (nSPS) is 13.9. The standard InChI is InChI=1S/C22H24N2O4/c25-20-12-14-24(15-13-20)19-10-5-9-18(16-19)22(27)23-28-21(26)11-4-8-17-6-2-1-3-7-17/h1-3,5-7,9-10,16H,4,8,11-15H2,(H,23,27). The third kappa shape index (κ3) is 5.67. The van der Waals surface area contributed by atoms with Gasteiger partial charge in [0.1, 0.15) is 5.78 Å². The van der Waals surface area contributed by atoms with Gasteiger partial charge in [0.15, 0.2) is 0 Å². The first kappa shape index (κ1) is 19.6. The van der Waals surface area contributed by atoms with Gasteiger partial charge in [0.05, 0.1) is 0 Å². The van der Waals surface area contributed by atoms with Gasteiger partial charge >= 0.3 is 5.97 Å². The molecule has 0 atom stereocenters. The highest BCUT2D eigenvalue weighted by Gasteiger charge is 2.17. The van der Waals surface area contributed by atoms with Crippen molar-refractivity contribution in [2.24, 2.45) is 0 Å². The summed E-state index contributed by atoms with van der Waals surface area (Å²) in [5.41, 5.74) is 4.68. The third-order valence-electron chi connectivity index (χ3n) is 4.74. The van der Waals surface area contributed by atoms with Gasteiger partial charge in [-0.25, -0.2) is 4.79 Å². The van der Waals surface area contributed by atoms with Gasteiger partial charge in [-0.05, 0) is 36.6 Å². The van der Waals surface area contributed by atoms with Crippen LogP contribution < -0.4 is 10.4 Å². The summed E-state index contributed by atoms with van der Waals surface area (Å²) >= 11 is 0. The largest absolute Gasteiger partial charge is 0.371 e. The van der Waals surface area contributed by atoms with Crippen molar-refractivity contribution < 1.29 is 19.2 Å². The number of piperidine rings is 1. The smallest absolute Gasteiger partial charge is 0.332 e. The monoisotopic (exact) mass is 380 g/mol. The Morgan fingerprint density at radius 1 is 1.00 bits per heavy atom. The quantitative estimate of drug-likeness (QED) is 0.780. The van der Waals surface area contributed by atoms with Crippen LogP contribution in [0.15, 0.2) is 54.6 Å². The lowest BCUT2D eigenvalue weighted by Crippen LogP contribution is -2.34. The number of aryl methyl sites for hydroxylation is 1. The Balaban J connectivity index is 1.44. The van der Waals surface area contributed by atoms with Crippen molar-refractivity contribution in [3.63, 3.8) is 0 Å². The van der Waals surface area contributed by atoms with Gasteiger partial charge in [-0.1, -0.05) is 36.4 Å². The van der Waals surface area contributed by atoms with Crippen LogP contribution in [0.3, 0.4) is 0 Å². The van der Waals surface area contributed by atoms with Gasteiger partial charge in [-0.15, -0.1) is 0 Å². The average molecular weight is 380 g/mol. The molecule has 1 N–H and O–H groups in total. The molecule has 3 rings (SSSR count). The van der Waals surface area contributed by atoms with Crippen molar-refractivity contribution in [1.29, 1.82) is 0 Å². The molecule has 146 valence electrons. The lowest BCUT2D eigenvalue weighted by molar-refractivity contribution is -0.149. The molecule has 0 bridgehead atoms. The molecule has 1 heterocycles. The van der Waals surface area contributed by atoms with E-state index >= 15 is 0 Å². The Morgan fingerprint density at radius 2 is 1.75 bits per heavy atom. The molecule has 6 nitrogen and oxygen atoms in total. The van der Waals surface area contributed by atoms with Crippen molar-refractivity contribution in [1.82, 2.24) is 5.48 Å². The minimum Gasteiger partial charge on any atom is -0.371 e. The number of nitrogens with one attached hydrogen (secondary N) is 1. The molecule has 1 fully saturated rings. The minimum atomic E-state index is -0.466. The fourth-order valence-corrected chi connectivity index (χ4v) is 3.15. The van der Waals surface area contributed by atoms with Crippen molar-refractivity contribution >= 4 is 23.3 Å². The molecule has 0 aliphatic carbocycles. The number of nitrogens with zero attached hydrogens (tertiary/aromatic N) is 1. The second-order valence-electron chi connectivity index (χ2n) is 6.82. The average Bonchev–Trinajstić information content (AvgIpc) is 2.73. The number of amides is 1. The van der Waals surface area contributed by atoms with Crippen molar-refractivity contribution in [3.8, 4) is 0 Å². The van der Waals surface area contributed by atoms with E-state index in [1.54, 1.807) is 18.2 Å². The number of hydroxylamine groups is 1. The van der Waals surface area contributed by atoms with Crippen LogP contribution >= 0.6 is 0 Å². The highest BCUT2D eigenvalue weighted by Crippen LogP contribution is 2.20. The number of anilines is 1. The van der Waals surface area contributed by atoms with Crippen LogP contribution in [0.2, 0.25) is 0 Å². The lowest BCUT2D eigenvalue weighted by atomic mass is 10.1. The Morgan fingerprint density at radius 3 is 2.50 bits per heavy atom. The first-order valence-corrected chi connectivity index (χ1v) is 9.52. The van der Waals surface area contributed by atoms with E-state index in [4.69, 9.17) is 4.84 Å². The van der Waals surface area contributed by atoms with Crippen LogP contribution in [0, 0.1) is 0 Å². The second-order valence-corrected chi connectivity index (χ2v) is 6.82. The van der Waals surface area contributed by atoms with Gasteiger partial charge in [0.2, 0.25) is 0 Å². The number of ketones is 1. The van der Waals surface area contributed by atoms with Gasteiger partial charge in [-0.3, -0.25) is 9.59 Å². The molecule has 2 aromatic rings. The molecular formula is C22H24N2O4. The van der Waals surface area contributed by atoms with Crippen LogP contribution in [0.25, 0.3) is 0 Å². The molecule has 1 aliphatic heterocycles. The van der Waals surface area contributed by atoms with Crippen molar-refractivity contribution in [2.75, 3.05) is 18.0 Å². The Hall–Kier alpha value is -3.15. The summed E-state index contributed by atoms with van der Waals surface area (Å²) in [4.78, 5) is 42.5.